The number of benzene rings is 2. The zero-order valence-corrected chi connectivity index (χ0v) is 24.4. The van der Waals surface area contributed by atoms with E-state index in [9.17, 15) is 0 Å². The third-order valence-electron chi connectivity index (χ3n) is 7.08. The molecule has 2 aliphatic carbocycles. The number of rotatable bonds is 7. The van der Waals surface area contributed by atoms with Gasteiger partial charge in [-0.25, -0.2) is 0 Å². The van der Waals surface area contributed by atoms with Gasteiger partial charge in [0.25, 0.3) is 0 Å². The van der Waals surface area contributed by atoms with E-state index in [1.807, 2.05) is 12.1 Å². The van der Waals surface area contributed by atoms with Gasteiger partial charge in [-0.3, -0.25) is 0 Å². The average Bonchev–Trinajstić information content (AvgIpc) is 3.41. The second-order valence-electron chi connectivity index (χ2n) is 8.73. The minimum absolute atomic E-state index is 0.00468. The molecule has 0 N–H and O–H groups in total. The summed E-state index contributed by atoms with van der Waals surface area (Å²) in [6, 6.07) is 8.15. The van der Waals surface area contributed by atoms with E-state index >= 15 is 0 Å². The summed E-state index contributed by atoms with van der Waals surface area (Å²) in [5, 5.41) is 0. The van der Waals surface area contributed by atoms with Crippen molar-refractivity contribution in [1.29, 1.82) is 0 Å². The van der Waals surface area contributed by atoms with Gasteiger partial charge in [-0.15, -0.1) is 0 Å². The summed E-state index contributed by atoms with van der Waals surface area (Å²) in [6.45, 7) is 4.59. The molecule has 0 spiro atoms. The number of ether oxygens (including phenoxy) is 4. The molecule has 2 atom stereocenters. The Morgan fingerprint density at radius 3 is 1.31 bits per heavy atom. The first-order chi connectivity index (χ1) is 15.2. The van der Waals surface area contributed by atoms with Crippen molar-refractivity contribution in [2.45, 2.75) is 20.3 Å². The summed E-state index contributed by atoms with van der Waals surface area (Å²) in [5.74, 6) is 1.28. The summed E-state index contributed by atoms with van der Waals surface area (Å²) in [7, 11) is 22.5. The van der Waals surface area contributed by atoms with E-state index < -0.39 is 21.5 Å². The van der Waals surface area contributed by atoms with Gasteiger partial charge >= 0.3 is 200 Å². The van der Waals surface area contributed by atoms with E-state index in [2.05, 4.69) is 49.5 Å². The van der Waals surface area contributed by atoms with Crippen LogP contribution in [0, 0.1) is 0 Å². The van der Waals surface area contributed by atoms with Crippen LogP contribution in [0.4, 0.5) is 0 Å². The van der Waals surface area contributed by atoms with E-state index in [-0.39, 0.29) is 7.25 Å². The second kappa shape index (κ2) is 8.54. The standard InChI is InChI=1S/2C11H11O2.C2H7Si.2ClH.Zr/c2*1-12-10-6-8-4-3-5-9(8)7-11(10)13-2;1-3-2;;;/h2*3-7H,1-2H3;3H,1-2H3;2*1H;/q;;;;;+2/p-2. The van der Waals surface area contributed by atoms with Crippen molar-refractivity contribution in [3.8, 4) is 23.0 Å². The number of methoxy groups -OCH3 is 4. The van der Waals surface area contributed by atoms with E-state index in [0.29, 0.717) is 23.0 Å². The molecule has 0 amide bonds. The molecule has 0 aliphatic heterocycles. The average molecular weight is 572 g/mol. The van der Waals surface area contributed by atoms with Crippen molar-refractivity contribution < 1.29 is 34.5 Å². The van der Waals surface area contributed by atoms with Crippen molar-refractivity contribution in [1.82, 2.24) is 0 Å². The molecule has 2 unspecified atom stereocenters. The van der Waals surface area contributed by atoms with E-state index in [0.717, 1.165) is 22.3 Å². The SMILES string of the molecule is COc1cc2c(cc1OC)[CH]([Zr]([Cl])([Cl])([CH]1C=Cc3cc(OC)c(OC)cc31)[SiH](C)C)C=C2. The fourth-order valence-corrected chi connectivity index (χ4v) is 32.5. The molecule has 2 aromatic rings. The Bertz CT molecular complexity index is 1050. The topological polar surface area (TPSA) is 36.9 Å². The molecule has 0 fully saturated rings. The summed E-state index contributed by atoms with van der Waals surface area (Å²) in [5.41, 5.74) is 4.47. The van der Waals surface area contributed by atoms with Crippen LogP contribution in [0.5, 0.6) is 23.0 Å². The number of hydrogen-bond donors (Lipinski definition) is 0. The molecular weight excluding hydrogens is 542 g/mol. The molecule has 0 heterocycles. The van der Waals surface area contributed by atoms with Gasteiger partial charge in [0, 0.05) is 0 Å². The summed E-state index contributed by atoms with van der Waals surface area (Å²) in [6.07, 6.45) is 8.69. The third-order valence-corrected chi connectivity index (χ3v) is 59.2. The molecule has 0 radical (unpaired) electrons. The van der Waals surface area contributed by atoms with Crippen molar-refractivity contribution in [3.05, 3.63) is 58.7 Å². The normalized spacial score (nSPS) is 20.0. The monoisotopic (exact) mass is 569 g/mol. The van der Waals surface area contributed by atoms with Crippen molar-refractivity contribution in [2.24, 2.45) is 0 Å². The second-order valence-corrected chi connectivity index (χ2v) is 51.5. The predicted molar refractivity (Wildman–Crippen MR) is 133 cm³/mol. The molecular formula is C24H29Cl2O4SiZr. The first-order valence-corrected chi connectivity index (χ1v) is 27.0. The van der Waals surface area contributed by atoms with Gasteiger partial charge < -0.3 is 0 Å². The molecule has 4 rings (SSSR count). The van der Waals surface area contributed by atoms with Gasteiger partial charge in [-0.05, 0) is 0 Å². The van der Waals surface area contributed by atoms with Crippen LogP contribution in [-0.2, 0) is 15.6 Å². The molecule has 0 bridgehead atoms. The van der Waals surface area contributed by atoms with Gasteiger partial charge in [0.05, 0.1) is 0 Å². The first kappa shape index (κ1) is 23.9. The Morgan fingerprint density at radius 2 is 1.00 bits per heavy atom. The molecule has 2 aromatic carbocycles. The van der Waals surface area contributed by atoms with Crippen molar-refractivity contribution in [3.63, 3.8) is 0 Å². The van der Waals surface area contributed by atoms with Gasteiger partial charge in [-0.2, -0.15) is 0 Å². The predicted octanol–water partition coefficient (Wildman–Crippen LogP) is 6.54. The Kier molecular flexibility index (Phi) is 6.39. The zero-order valence-electron chi connectivity index (χ0n) is 19.2. The van der Waals surface area contributed by atoms with Crippen molar-refractivity contribution >= 4 is 35.1 Å². The maximum absolute atomic E-state index is 7.93. The molecule has 32 heavy (non-hydrogen) atoms. The van der Waals surface area contributed by atoms with Crippen LogP contribution in [0.25, 0.3) is 12.2 Å². The van der Waals surface area contributed by atoms with Crippen molar-refractivity contribution in [2.75, 3.05) is 28.4 Å². The van der Waals surface area contributed by atoms with Crippen LogP contribution in [0.2, 0.25) is 13.1 Å². The Morgan fingerprint density at radius 1 is 0.656 bits per heavy atom. The summed E-state index contributed by atoms with van der Waals surface area (Å²) >= 11 is -4.55. The van der Waals surface area contributed by atoms with Crippen LogP contribution in [0.15, 0.2) is 36.4 Å². The van der Waals surface area contributed by atoms with Crippen LogP contribution in [-0.4, -0.2) is 34.4 Å². The van der Waals surface area contributed by atoms with Crippen LogP contribution in [0.3, 0.4) is 0 Å². The summed E-state index contributed by atoms with van der Waals surface area (Å²) < 4.78 is 22.2. The third kappa shape index (κ3) is 3.41. The number of hydrogen-bond acceptors (Lipinski definition) is 4. The van der Waals surface area contributed by atoms with E-state index in [4.69, 9.17) is 36.0 Å². The van der Waals surface area contributed by atoms with Gasteiger partial charge in [0.1, 0.15) is 0 Å². The maximum atomic E-state index is 7.93. The molecule has 0 aromatic heterocycles. The van der Waals surface area contributed by atoms with E-state index in [1.165, 1.54) is 0 Å². The molecule has 0 saturated heterocycles. The van der Waals surface area contributed by atoms with Crippen LogP contribution in [0.1, 0.15) is 29.5 Å². The van der Waals surface area contributed by atoms with Crippen LogP contribution >= 0.6 is 17.0 Å². The molecule has 8 heteroatoms. The summed E-state index contributed by atoms with van der Waals surface area (Å²) in [4.78, 5) is 0. The fourth-order valence-electron chi connectivity index (χ4n) is 5.13. The quantitative estimate of drug-likeness (QED) is 0.354. The molecule has 0 saturated carbocycles. The Labute approximate surface area is 198 Å². The fraction of sp³-hybridized carbons (Fsp3) is 0.333. The van der Waals surface area contributed by atoms with Gasteiger partial charge in [-0.1, -0.05) is 0 Å². The number of fused-ring (bicyclic) bond motifs is 2. The molecule has 4 nitrogen and oxygen atoms in total. The molecule has 2 aliphatic rings. The van der Waals surface area contributed by atoms with Gasteiger partial charge in [0.2, 0.25) is 0 Å². The molecule has 171 valence electrons. The number of allylic oxidation sites excluding steroid dienone is 2. The first-order valence-electron chi connectivity index (χ1n) is 10.6. The number of halogens is 2. The van der Waals surface area contributed by atoms with E-state index in [1.54, 1.807) is 28.4 Å². The Balaban J connectivity index is 1.90. The zero-order chi connectivity index (χ0) is 23.3. The van der Waals surface area contributed by atoms with Crippen LogP contribution < -0.4 is 18.9 Å². The van der Waals surface area contributed by atoms with Gasteiger partial charge in [0.15, 0.2) is 0 Å². The Hall–Kier alpha value is -1.20. The minimum atomic E-state index is -4.55.